The molecule has 0 aliphatic heterocycles. The third kappa shape index (κ3) is 6.74. The minimum atomic E-state index is 0.503. The lowest BCUT2D eigenvalue weighted by molar-refractivity contribution is 0.157. The molecule has 3 unspecified atom stereocenters. The lowest BCUT2D eigenvalue weighted by Gasteiger charge is -2.45. The summed E-state index contributed by atoms with van der Waals surface area (Å²) in [6, 6.07) is 0. The second-order valence-corrected chi connectivity index (χ2v) is 7.85. The molecule has 1 radical (unpaired) electrons. The summed E-state index contributed by atoms with van der Waals surface area (Å²) in [6.07, 6.45) is 10.8. The van der Waals surface area contributed by atoms with Crippen LogP contribution in [-0.4, -0.2) is 0 Å². The van der Waals surface area contributed by atoms with Gasteiger partial charge in [-0.1, -0.05) is 81.1 Å². The van der Waals surface area contributed by atoms with Crippen LogP contribution in [-0.2, 0) is 0 Å². The highest BCUT2D eigenvalue weighted by molar-refractivity contribution is 5.09. The Bertz CT molecular complexity index is 242. The van der Waals surface area contributed by atoms with Crippen LogP contribution in [0.25, 0.3) is 0 Å². The molecule has 0 aliphatic rings. The summed E-state index contributed by atoms with van der Waals surface area (Å²) >= 11 is 0. The Kier molecular flexibility index (Phi) is 10.7. The van der Waals surface area contributed by atoms with Gasteiger partial charge < -0.3 is 0 Å². The zero-order valence-electron chi connectivity index (χ0n) is 16.4. The minimum absolute atomic E-state index is 0.503. The van der Waals surface area contributed by atoms with Crippen molar-refractivity contribution in [1.82, 2.24) is 0 Å². The van der Waals surface area contributed by atoms with Crippen molar-refractivity contribution in [3.05, 3.63) is 5.92 Å². The smallest absolute Gasteiger partial charge is 0.0154 e. The predicted octanol–water partition coefficient (Wildman–Crippen LogP) is 7.68. The van der Waals surface area contributed by atoms with Crippen molar-refractivity contribution in [2.45, 2.75) is 107 Å². The first-order chi connectivity index (χ1) is 9.86. The summed E-state index contributed by atoms with van der Waals surface area (Å²) in [5.41, 5.74) is 0.503. The molecule has 0 aliphatic carbocycles. The van der Waals surface area contributed by atoms with Gasteiger partial charge in [-0.15, -0.1) is 0 Å². The van der Waals surface area contributed by atoms with Gasteiger partial charge in [0.1, 0.15) is 0 Å². The first-order valence-corrected chi connectivity index (χ1v) is 9.72. The van der Waals surface area contributed by atoms with Gasteiger partial charge in [0.05, 0.1) is 0 Å². The maximum atomic E-state index is 2.48. The number of rotatable bonds is 12. The second-order valence-electron chi connectivity index (χ2n) is 7.85. The van der Waals surface area contributed by atoms with E-state index in [1.807, 2.05) is 5.92 Å². The number of hydrogen-bond donors (Lipinski definition) is 0. The van der Waals surface area contributed by atoms with Gasteiger partial charge >= 0.3 is 0 Å². The molecule has 0 aromatic carbocycles. The summed E-state index contributed by atoms with van der Waals surface area (Å²) < 4.78 is 0. The molecule has 0 rings (SSSR count). The fourth-order valence-electron chi connectivity index (χ4n) is 4.17. The van der Waals surface area contributed by atoms with Crippen LogP contribution < -0.4 is 0 Å². The lowest BCUT2D eigenvalue weighted by atomic mass is 9.60. The molecular weight excluding hydrogens is 252 g/mol. The van der Waals surface area contributed by atoms with E-state index >= 15 is 0 Å². The van der Waals surface area contributed by atoms with Gasteiger partial charge in [-0.2, -0.15) is 0 Å². The molecule has 0 nitrogen and oxygen atoms in total. The zero-order valence-corrected chi connectivity index (χ0v) is 16.4. The Labute approximate surface area is 136 Å². The molecule has 0 saturated carbocycles. The van der Waals surface area contributed by atoms with Gasteiger partial charge in [0, 0.05) is 0 Å². The Morgan fingerprint density at radius 3 is 1.90 bits per heavy atom. The van der Waals surface area contributed by atoms with Gasteiger partial charge in [-0.05, 0) is 54.8 Å². The van der Waals surface area contributed by atoms with Crippen molar-refractivity contribution in [3.8, 4) is 0 Å². The van der Waals surface area contributed by atoms with Crippen molar-refractivity contribution < 1.29 is 0 Å². The zero-order chi connectivity index (χ0) is 16.5. The quantitative estimate of drug-likeness (QED) is 0.346. The second kappa shape index (κ2) is 10.7. The van der Waals surface area contributed by atoms with Crippen LogP contribution in [0, 0.1) is 29.1 Å². The maximum Gasteiger partial charge on any atom is -0.0154 e. The molecule has 0 spiro atoms. The number of hydrogen-bond acceptors (Lipinski definition) is 0. The average molecular weight is 296 g/mol. The third-order valence-electron chi connectivity index (χ3n) is 5.69. The molecule has 0 saturated heterocycles. The maximum absolute atomic E-state index is 2.48. The normalized spacial score (nSPS) is 18.0. The van der Waals surface area contributed by atoms with E-state index in [2.05, 4.69) is 55.4 Å². The molecule has 0 fully saturated rings. The predicted molar refractivity (Wildman–Crippen MR) is 98.5 cm³/mol. The molecule has 0 N–H and O–H groups in total. The average Bonchev–Trinajstić information content (AvgIpc) is 2.45. The first kappa shape index (κ1) is 21.0. The summed E-state index contributed by atoms with van der Waals surface area (Å²) in [7, 11) is 0. The monoisotopic (exact) mass is 295 g/mol. The summed E-state index contributed by atoms with van der Waals surface area (Å²) in [5.74, 6) is 4.36. The highest BCUT2D eigenvalue weighted by Gasteiger charge is 2.39. The van der Waals surface area contributed by atoms with E-state index in [0.717, 1.165) is 17.8 Å². The standard InChI is InChI=1S/C21H43/c1-9-13-19(8)20(11-3)21(12-4,15-14-17(5)6)16-18(7)10-2/h17-19H,9-16H2,1-8H3. The third-order valence-corrected chi connectivity index (χ3v) is 5.69. The molecule has 0 aromatic rings. The van der Waals surface area contributed by atoms with E-state index in [-0.39, 0.29) is 0 Å². The summed E-state index contributed by atoms with van der Waals surface area (Å²) in [4.78, 5) is 0. The van der Waals surface area contributed by atoms with E-state index < -0.39 is 0 Å². The largest absolute Gasteiger partial charge is 0.0654 e. The van der Waals surface area contributed by atoms with Crippen molar-refractivity contribution in [1.29, 1.82) is 0 Å². The van der Waals surface area contributed by atoms with Crippen LogP contribution in [0.4, 0.5) is 0 Å². The van der Waals surface area contributed by atoms with E-state index in [1.54, 1.807) is 0 Å². The summed E-state index contributed by atoms with van der Waals surface area (Å²) in [5, 5.41) is 0. The SMILES string of the molecule is CCCC(C)[C](CC)C(CC)(CCC(C)C)CC(C)CC. The van der Waals surface area contributed by atoms with Crippen molar-refractivity contribution in [3.63, 3.8) is 0 Å². The molecule has 0 heterocycles. The Balaban J connectivity index is 5.27. The molecule has 0 amide bonds. The fraction of sp³-hybridized carbons (Fsp3) is 0.952. The highest BCUT2D eigenvalue weighted by Crippen LogP contribution is 2.50. The summed E-state index contributed by atoms with van der Waals surface area (Å²) in [6.45, 7) is 19.2. The van der Waals surface area contributed by atoms with E-state index in [0.29, 0.717) is 5.41 Å². The molecule has 3 atom stereocenters. The topological polar surface area (TPSA) is 0 Å². The van der Waals surface area contributed by atoms with Crippen molar-refractivity contribution in [2.75, 3.05) is 0 Å². The Hall–Kier alpha value is 0. The van der Waals surface area contributed by atoms with E-state index in [9.17, 15) is 0 Å². The molecule has 21 heavy (non-hydrogen) atoms. The fourth-order valence-corrected chi connectivity index (χ4v) is 4.17. The van der Waals surface area contributed by atoms with Crippen LogP contribution >= 0.6 is 0 Å². The highest BCUT2D eigenvalue weighted by atomic mass is 14.4. The molecular formula is C21H43. The Morgan fingerprint density at radius 2 is 1.52 bits per heavy atom. The van der Waals surface area contributed by atoms with Gasteiger partial charge in [-0.25, -0.2) is 0 Å². The Morgan fingerprint density at radius 1 is 0.905 bits per heavy atom. The minimum Gasteiger partial charge on any atom is -0.0654 e. The van der Waals surface area contributed by atoms with Gasteiger partial charge in [0.15, 0.2) is 0 Å². The molecule has 127 valence electrons. The molecule has 0 bridgehead atoms. The van der Waals surface area contributed by atoms with Crippen molar-refractivity contribution in [2.24, 2.45) is 23.2 Å². The van der Waals surface area contributed by atoms with Crippen molar-refractivity contribution >= 4 is 0 Å². The molecule has 0 heteroatoms. The first-order valence-electron chi connectivity index (χ1n) is 9.72. The van der Waals surface area contributed by atoms with Gasteiger partial charge in [0.2, 0.25) is 0 Å². The van der Waals surface area contributed by atoms with E-state index in [4.69, 9.17) is 0 Å². The van der Waals surface area contributed by atoms with Crippen LogP contribution in [0.2, 0.25) is 0 Å². The van der Waals surface area contributed by atoms with E-state index in [1.165, 1.54) is 51.4 Å². The van der Waals surface area contributed by atoms with Crippen LogP contribution in [0.1, 0.15) is 107 Å². The van der Waals surface area contributed by atoms with Crippen LogP contribution in [0.5, 0.6) is 0 Å². The molecule has 0 aromatic heterocycles. The lowest BCUT2D eigenvalue weighted by Crippen LogP contribution is -2.34. The van der Waals surface area contributed by atoms with Gasteiger partial charge in [0.25, 0.3) is 0 Å². The van der Waals surface area contributed by atoms with Gasteiger partial charge in [-0.3, -0.25) is 0 Å². The van der Waals surface area contributed by atoms with Crippen LogP contribution in [0.15, 0.2) is 0 Å². The van der Waals surface area contributed by atoms with Crippen LogP contribution in [0.3, 0.4) is 0 Å².